The number of likely N-dealkylation sites (tertiary alicyclic amines) is 1. The second-order valence-corrected chi connectivity index (χ2v) is 6.48. The molecule has 5 nitrogen and oxygen atoms in total. The molecule has 1 amide bonds. The number of halogens is 1. The summed E-state index contributed by atoms with van der Waals surface area (Å²) in [4.78, 5) is 19.8. The van der Waals surface area contributed by atoms with Gasteiger partial charge in [0, 0.05) is 38.1 Å². The number of piperidine rings is 1. The Morgan fingerprint density at radius 2 is 2.39 bits per heavy atom. The summed E-state index contributed by atoms with van der Waals surface area (Å²) in [6.45, 7) is 1.40. The first kappa shape index (κ1) is 16.3. The van der Waals surface area contributed by atoms with Gasteiger partial charge in [0.2, 0.25) is 6.10 Å². The third kappa shape index (κ3) is 4.03. The Morgan fingerprint density at radius 1 is 1.52 bits per heavy atom. The fourth-order valence-electron chi connectivity index (χ4n) is 3.08. The minimum Gasteiger partial charge on any atom is -0.382 e. The van der Waals surface area contributed by atoms with Crippen molar-refractivity contribution in [2.24, 2.45) is 5.16 Å². The van der Waals surface area contributed by atoms with Crippen LogP contribution in [0.4, 0.5) is 0 Å². The number of ether oxygens (including phenoxy) is 1. The summed E-state index contributed by atoms with van der Waals surface area (Å²) in [7, 11) is 1.69. The molecule has 1 aromatic carbocycles. The van der Waals surface area contributed by atoms with Crippen LogP contribution in [0.1, 0.15) is 24.8 Å². The van der Waals surface area contributed by atoms with E-state index in [2.05, 4.69) is 5.16 Å². The van der Waals surface area contributed by atoms with Crippen molar-refractivity contribution < 1.29 is 14.4 Å². The molecule has 0 N–H and O–H groups in total. The van der Waals surface area contributed by atoms with E-state index in [0.29, 0.717) is 24.4 Å². The average molecular weight is 337 g/mol. The number of nitrogens with zero attached hydrogens (tertiary/aromatic N) is 2. The highest BCUT2D eigenvalue weighted by Gasteiger charge is 2.34. The van der Waals surface area contributed by atoms with Gasteiger partial charge < -0.3 is 14.5 Å². The van der Waals surface area contributed by atoms with Crippen LogP contribution in [0.3, 0.4) is 0 Å². The van der Waals surface area contributed by atoms with Crippen molar-refractivity contribution in [1.29, 1.82) is 0 Å². The third-order valence-corrected chi connectivity index (χ3v) is 4.56. The summed E-state index contributed by atoms with van der Waals surface area (Å²) in [5.74, 6) is 0.0107. The number of benzene rings is 1. The summed E-state index contributed by atoms with van der Waals surface area (Å²) >= 11 is 5.99. The van der Waals surface area contributed by atoms with Crippen LogP contribution in [0.25, 0.3) is 0 Å². The Balaban J connectivity index is 1.55. The van der Waals surface area contributed by atoms with Crippen LogP contribution in [0.15, 0.2) is 29.4 Å². The lowest BCUT2D eigenvalue weighted by atomic mass is 10.0. The van der Waals surface area contributed by atoms with Crippen molar-refractivity contribution in [1.82, 2.24) is 4.90 Å². The van der Waals surface area contributed by atoms with Crippen LogP contribution in [-0.2, 0) is 20.8 Å². The van der Waals surface area contributed by atoms with Crippen LogP contribution in [0.5, 0.6) is 0 Å². The number of methoxy groups -OCH3 is 1. The van der Waals surface area contributed by atoms with Gasteiger partial charge in [0.1, 0.15) is 0 Å². The lowest BCUT2D eigenvalue weighted by Gasteiger charge is -2.32. The minimum absolute atomic E-state index is 0.0107. The maximum absolute atomic E-state index is 12.6. The molecule has 1 aromatic rings. The second kappa shape index (κ2) is 7.32. The number of carbonyl (C=O) groups is 1. The molecule has 2 aliphatic rings. The van der Waals surface area contributed by atoms with Crippen LogP contribution in [0.2, 0.25) is 5.02 Å². The number of hydrogen-bond donors (Lipinski definition) is 0. The van der Waals surface area contributed by atoms with E-state index < -0.39 is 6.10 Å². The summed E-state index contributed by atoms with van der Waals surface area (Å²) in [6, 6.07) is 7.66. The highest BCUT2D eigenvalue weighted by molar-refractivity contribution is 6.30. The van der Waals surface area contributed by atoms with Crippen LogP contribution in [0, 0.1) is 0 Å². The molecule has 0 saturated carbocycles. The van der Waals surface area contributed by atoms with Crippen LogP contribution in [-0.4, -0.2) is 48.9 Å². The SMILES string of the molecule is CO[C@H]1CCCN(C(=O)[C@@H]2CC(Cc3cccc(Cl)c3)=NO2)C1. The number of carbonyl (C=O) groups excluding carboxylic acids is 1. The zero-order valence-corrected chi connectivity index (χ0v) is 14.0. The molecular formula is C17H21ClN2O3. The van der Waals surface area contributed by atoms with Gasteiger partial charge in [-0.3, -0.25) is 4.79 Å². The zero-order valence-electron chi connectivity index (χ0n) is 13.2. The van der Waals surface area contributed by atoms with Gasteiger partial charge in [-0.2, -0.15) is 0 Å². The molecule has 0 aromatic heterocycles. The third-order valence-electron chi connectivity index (χ3n) is 4.33. The highest BCUT2D eigenvalue weighted by atomic mass is 35.5. The number of rotatable bonds is 4. The minimum atomic E-state index is -0.500. The van der Waals surface area contributed by atoms with E-state index in [0.717, 1.165) is 30.7 Å². The van der Waals surface area contributed by atoms with Gasteiger partial charge in [0.05, 0.1) is 11.8 Å². The first-order chi connectivity index (χ1) is 11.2. The normalized spacial score (nSPS) is 24.3. The van der Waals surface area contributed by atoms with E-state index in [1.807, 2.05) is 29.2 Å². The van der Waals surface area contributed by atoms with Crippen LogP contribution >= 0.6 is 11.6 Å². The van der Waals surface area contributed by atoms with Gasteiger partial charge in [-0.15, -0.1) is 0 Å². The van der Waals surface area contributed by atoms with Gasteiger partial charge >= 0.3 is 0 Å². The smallest absolute Gasteiger partial charge is 0.266 e. The number of oxime groups is 1. The van der Waals surface area contributed by atoms with Gasteiger partial charge in [0.25, 0.3) is 5.91 Å². The maximum Gasteiger partial charge on any atom is 0.266 e. The van der Waals surface area contributed by atoms with Gasteiger partial charge in [-0.25, -0.2) is 0 Å². The molecule has 1 saturated heterocycles. The second-order valence-electron chi connectivity index (χ2n) is 6.05. The molecule has 124 valence electrons. The lowest BCUT2D eigenvalue weighted by Crippen LogP contribution is -2.47. The van der Waals surface area contributed by atoms with Gasteiger partial charge in [-0.1, -0.05) is 28.9 Å². The fourth-order valence-corrected chi connectivity index (χ4v) is 3.29. The Kier molecular flexibility index (Phi) is 5.18. The van der Waals surface area contributed by atoms with Crippen LogP contribution < -0.4 is 0 Å². The van der Waals surface area contributed by atoms with E-state index in [4.69, 9.17) is 21.2 Å². The van der Waals surface area contributed by atoms with Gasteiger partial charge in [0.15, 0.2) is 0 Å². The molecule has 0 unspecified atom stereocenters. The topological polar surface area (TPSA) is 51.1 Å². The number of amides is 1. The molecule has 23 heavy (non-hydrogen) atoms. The van der Waals surface area contributed by atoms with Crippen molar-refractivity contribution >= 4 is 23.2 Å². The molecule has 3 rings (SSSR count). The van der Waals surface area contributed by atoms with Crippen molar-refractivity contribution in [3.05, 3.63) is 34.9 Å². The van der Waals surface area contributed by atoms with Gasteiger partial charge in [-0.05, 0) is 30.5 Å². The maximum atomic E-state index is 12.6. The average Bonchev–Trinajstić information content (AvgIpc) is 3.02. The molecule has 0 spiro atoms. The fraction of sp³-hybridized carbons (Fsp3) is 0.529. The van der Waals surface area contributed by atoms with E-state index in [9.17, 15) is 4.79 Å². The molecule has 2 aliphatic heterocycles. The van der Waals surface area contributed by atoms with E-state index in [1.54, 1.807) is 7.11 Å². The largest absolute Gasteiger partial charge is 0.382 e. The first-order valence-corrected chi connectivity index (χ1v) is 8.31. The Labute approximate surface area is 141 Å². The van der Waals surface area contributed by atoms with Crippen molar-refractivity contribution in [2.45, 2.75) is 37.9 Å². The van der Waals surface area contributed by atoms with Crippen molar-refractivity contribution in [3.8, 4) is 0 Å². The molecule has 2 atom stereocenters. The van der Waals surface area contributed by atoms with E-state index in [1.165, 1.54) is 0 Å². The highest BCUT2D eigenvalue weighted by Crippen LogP contribution is 2.21. The molecule has 0 radical (unpaired) electrons. The molecule has 6 heteroatoms. The molecule has 2 heterocycles. The van der Waals surface area contributed by atoms with Crippen molar-refractivity contribution in [2.75, 3.05) is 20.2 Å². The first-order valence-electron chi connectivity index (χ1n) is 7.93. The molecule has 0 bridgehead atoms. The summed E-state index contributed by atoms with van der Waals surface area (Å²) in [6.07, 6.45) is 2.79. The zero-order chi connectivity index (χ0) is 16.2. The monoisotopic (exact) mass is 336 g/mol. The van der Waals surface area contributed by atoms with E-state index in [-0.39, 0.29) is 12.0 Å². The van der Waals surface area contributed by atoms with E-state index >= 15 is 0 Å². The summed E-state index contributed by atoms with van der Waals surface area (Å²) in [5.41, 5.74) is 1.95. The molecule has 0 aliphatic carbocycles. The Morgan fingerprint density at radius 3 is 3.17 bits per heavy atom. The molecule has 1 fully saturated rings. The standard InChI is InChI=1S/C17H21ClN2O3/c1-22-15-6-3-7-20(11-15)17(21)16-10-14(19-23-16)9-12-4-2-5-13(18)8-12/h2,4-5,8,15-16H,3,6-7,9-11H2,1H3/t15-,16-/m0/s1. The Bertz CT molecular complexity index is 605. The lowest BCUT2D eigenvalue weighted by molar-refractivity contribution is -0.145. The Hall–Kier alpha value is -1.59. The van der Waals surface area contributed by atoms with Crippen molar-refractivity contribution in [3.63, 3.8) is 0 Å². The summed E-state index contributed by atoms with van der Waals surface area (Å²) in [5, 5.41) is 4.79. The predicted molar refractivity (Wildman–Crippen MR) is 88.7 cm³/mol. The number of hydrogen-bond acceptors (Lipinski definition) is 4. The molecular weight excluding hydrogens is 316 g/mol. The summed E-state index contributed by atoms with van der Waals surface area (Å²) < 4.78 is 5.37. The quantitative estimate of drug-likeness (QED) is 0.849. The predicted octanol–water partition coefficient (Wildman–Crippen LogP) is 2.66.